The van der Waals surface area contributed by atoms with Gasteiger partial charge in [-0.25, -0.2) is 0 Å². The Kier molecular flexibility index (Phi) is 3.22. The van der Waals surface area contributed by atoms with Gasteiger partial charge in [-0.15, -0.1) is 6.58 Å². The Bertz CT molecular complexity index is 262. The maximum Gasteiger partial charge on any atom is 0.136 e. The zero-order valence-electron chi connectivity index (χ0n) is 9.04. The molecule has 2 rings (SSSR count). The first-order valence-corrected chi connectivity index (χ1v) is 5.65. The second-order valence-corrected chi connectivity index (χ2v) is 4.38. The lowest BCUT2D eigenvalue weighted by molar-refractivity contribution is -0.168. The summed E-state index contributed by atoms with van der Waals surface area (Å²) in [6.45, 7) is 4.95. The first-order chi connectivity index (χ1) is 7.27. The van der Waals surface area contributed by atoms with E-state index in [0.29, 0.717) is 25.2 Å². The number of carbonyl (C=O) groups excluding carboxylic acids is 1. The largest absolute Gasteiger partial charge is 0.372 e. The van der Waals surface area contributed by atoms with Crippen LogP contribution in [-0.2, 0) is 14.3 Å². The average molecular weight is 210 g/mol. The molecule has 0 aromatic rings. The summed E-state index contributed by atoms with van der Waals surface area (Å²) in [6.07, 6.45) is 5.87. The van der Waals surface area contributed by atoms with Crippen molar-refractivity contribution >= 4 is 5.78 Å². The predicted molar refractivity (Wildman–Crippen MR) is 56.7 cm³/mol. The standard InChI is InChI=1S/C12H18O3/c1-2-7-14-11-4-3-8-15-12(11)6-5-10(13)9-12/h2,11H,1,3-9H2/t11-,12-/m1/s1. The van der Waals surface area contributed by atoms with E-state index in [9.17, 15) is 4.79 Å². The molecule has 1 saturated carbocycles. The van der Waals surface area contributed by atoms with Crippen LogP contribution < -0.4 is 0 Å². The summed E-state index contributed by atoms with van der Waals surface area (Å²) in [5.41, 5.74) is -0.307. The smallest absolute Gasteiger partial charge is 0.136 e. The monoisotopic (exact) mass is 210 g/mol. The molecule has 3 heteroatoms. The molecule has 15 heavy (non-hydrogen) atoms. The third kappa shape index (κ3) is 2.13. The van der Waals surface area contributed by atoms with Gasteiger partial charge >= 0.3 is 0 Å². The fourth-order valence-electron chi connectivity index (χ4n) is 2.58. The highest BCUT2D eigenvalue weighted by Gasteiger charge is 2.48. The molecule has 0 aromatic carbocycles. The van der Waals surface area contributed by atoms with E-state index in [1.54, 1.807) is 6.08 Å². The molecule has 2 atom stereocenters. The Labute approximate surface area is 90.4 Å². The van der Waals surface area contributed by atoms with Gasteiger partial charge in [0.15, 0.2) is 0 Å². The van der Waals surface area contributed by atoms with E-state index in [1.165, 1.54) is 0 Å². The number of ether oxygens (including phenoxy) is 2. The molecule has 3 nitrogen and oxygen atoms in total. The van der Waals surface area contributed by atoms with Crippen LogP contribution in [0.4, 0.5) is 0 Å². The molecule has 0 bridgehead atoms. The van der Waals surface area contributed by atoms with Crippen molar-refractivity contribution in [3.63, 3.8) is 0 Å². The second kappa shape index (κ2) is 4.45. The SMILES string of the molecule is C=CCO[C@@H]1CCCO[C@@]12CCC(=O)C2. The van der Waals surface area contributed by atoms with Crippen molar-refractivity contribution in [2.24, 2.45) is 0 Å². The normalized spacial score (nSPS) is 36.0. The first kappa shape index (κ1) is 10.8. The van der Waals surface area contributed by atoms with Gasteiger partial charge in [-0.1, -0.05) is 6.08 Å². The van der Waals surface area contributed by atoms with Gasteiger partial charge in [0.1, 0.15) is 11.4 Å². The Balaban J connectivity index is 2.04. The number of carbonyl (C=O) groups is 1. The number of rotatable bonds is 3. The van der Waals surface area contributed by atoms with Crippen molar-refractivity contribution in [2.75, 3.05) is 13.2 Å². The molecule has 1 aliphatic heterocycles. The first-order valence-electron chi connectivity index (χ1n) is 5.65. The van der Waals surface area contributed by atoms with Gasteiger partial charge in [-0.3, -0.25) is 4.79 Å². The van der Waals surface area contributed by atoms with E-state index >= 15 is 0 Å². The second-order valence-electron chi connectivity index (χ2n) is 4.38. The van der Waals surface area contributed by atoms with Crippen LogP contribution in [0, 0.1) is 0 Å². The molecule has 0 unspecified atom stereocenters. The van der Waals surface area contributed by atoms with Gasteiger partial charge in [0.2, 0.25) is 0 Å². The topological polar surface area (TPSA) is 35.5 Å². The van der Waals surface area contributed by atoms with Crippen LogP contribution in [0.5, 0.6) is 0 Å². The molecule has 0 radical (unpaired) electrons. The zero-order valence-corrected chi connectivity index (χ0v) is 9.04. The van der Waals surface area contributed by atoms with Crippen LogP contribution in [0.1, 0.15) is 32.1 Å². The highest BCUT2D eigenvalue weighted by atomic mass is 16.6. The number of ketones is 1. The van der Waals surface area contributed by atoms with Crippen LogP contribution in [0.15, 0.2) is 12.7 Å². The van der Waals surface area contributed by atoms with Gasteiger partial charge in [0.25, 0.3) is 0 Å². The highest BCUT2D eigenvalue weighted by Crippen LogP contribution is 2.40. The van der Waals surface area contributed by atoms with E-state index in [-0.39, 0.29) is 11.7 Å². The summed E-state index contributed by atoms with van der Waals surface area (Å²) >= 11 is 0. The van der Waals surface area contributed by atoms with Crippen LogP contribution >= 0.6 is 0 Å². The van der Waals surface area contributed by atoms with Crippen molar-refractivity contribution in [3.05, 3.63) is 12.7 Å². The van der Waals surface area contributed by atoms with E-state index in [2.05, 4.69) is 6.58 Å². The van der Waals surface area contributed by atoms with Gasteiger partial charge < -0.3 is 9.47 Å². The van der Waals surface area contributed by atoms with Crippen LogP contribution in [0.2, 0.25) is 0 Å². The summed E-state index contributed by atoms with van der Waals surface area (Å²) in [6, 6.07) is 0. The fourth-order valence-corrected chi connectivity index (χ4v) is 2.58. The van der Waals surface area contributed by atoms with Crippen molar-refractivity contribution in [2.45, 2.75) is 43.8 Å². The molecule has 1 spiro atoms. The molecule has 0 N–H and O–H groups in total. The van der Waals surface area contributed by atoms with Gasteiger partial charge in [-0.05, 0) is 19.3 Å². The minimum absolute atomic E-state index is 0.0794. The lowest BCUT2D eigenvalue weighted by Gasteiger charge is -2.40. The maximum atomic E-state index is 11.4. The van der Waals surface area contributed by atoms with Gasteiger partial charge in [-0.2, -0.15) is 0 Å². The lowest BCUT2D eigenvalue weighted by atomic mass is 9.89. The highest BCUT2D eigenvalue weighted by molar-refractivity contribution is 5.82. The lowest BCUT2D eigenvalue weighted by Crippen LogP contribution is -2.48. The minimum Gasteiger partial charge on any atom is -0.372 e. The molecular formula is C12H18O3. The van der Waals surface area contributed by atoms with Crippen LogP contribution in [0.25, 0.3) is 0 Å². The summed E-state index contributed by atoms with van der Waals surface area (Å²) in [5, 5.41) is 0. The van der Waals surface area contributed by atoms with Crippen molar-refractivity contribution in [3.8, 4) is 0 Å². The minimum atomic E-state index is -0.307. The molecule has 2 fully saturated rings. The molecule has 0 aromatic heterocycles. The van der Waals surface area contributed by atoms with Crippen molar-refractivity contribution in [1.29, 1.82) is 0 Å². The number of hydrogen-bond donors (Lipinski definition) is 0. The summed E-state index contributed by atoms with van der Waals surface area (Å²) in [4.78, 5) is 11.4. The van der Waals surface area contributed by atoms with Crippen LogP contribution in [-0.4, -0.2) is 30.7 Å². The Morgan fingerprint density at radius 1 is 1.67 bits per heavy atom. The molecular weight excluding hydrogens is 192 g/mol. The fraction of sp³-hybridized carbons (Fsp3) is 0.750. The number of Topliss-reactive ketones (excluding diaryl/α,β-unsaturated/α-hetero) is 1. The summed E-state index contributed by atoms with van der Waals surface area (Å²) in [7, 11) is 0. The quantitative estimate of drug-likeness (QED) is 0.667. The van der Waals surface area contributed by atoms with Gasteiger partial charge in [0, 0.05) is 19.4 Å². The molecule has 84 valence electrons. The Morgan fingerprint density at radius 3 is 3.20 bits per heavy atom. The third-order valence-corrected chi connectivity index (χ3v) is 3.33. The molecule has 0 amide bonds. The predicted octanol–water partition coefficient (Wildman–Crippen LogP) is 1.86. The van der Waals surface area contributed by atoms with E-state index in [1.807, 2.05) is 0 Å². The third-order valence-electron chi connectivity index (χ3n) is 3.33. The Morgan fingerprint density at radius 2 is 2.53 bits per heavy atom. The summed E-state index contributed by atoms with van der Waals surface area (Å²) < 4.78 is 11.5. The van der Waals surface area contributed by atoms with E-state index in [0.717, 1.165) is 25.9 Å². The van der Waals surface area contributed by atoms with Crippen LogP contribution in [0.3, 0.4) is 0 Å². The van der Waals surface area contributed by atoms with Gasteiger partial charge in [0.05, 0.1) is 12.7 Å². The summed E-state index contributed by atoms with van der Waals surface area (Å²) in [5.74, 6) is 0.309. The molecule has 1 heterocycles. The molecule has 2 aliphatic rings. The van der Waals surface area contributed by atoms with E-state index in [4.69, 9.17) is 9.47 Å². The van der Waals surface area contributed by atoms with Crippen molar-refractivity contribution < 1.29 is 14.3 Å². The molecule has 1 saturated heterocycles. The average Bonchev–Trinajstić information content (AvgIpc) is 2.60. The molecule has 1 aliphatic carbocycles. The van der Waals surface area contributed by atoms with Crippen molar-refractivity contribution in [1.82, 2.24) is 0 Å². The van der Waals surface area contributed by atoms with E-state index < -0.39 is 0 Å². The zero-order chi connectivity index (χ0) is 10.7. The maximum absolute atomic E-state index is 11.4. The number of hydrogen-bond acceptors (Lipinski definition) is 3. The Hall–Kier alpha value is -0.670.